The van der Waals surface area contributed by atoms with Gasteiger partial charge in [0, 0.05) is 18.4 Å². The summed E-state index contributed by atoms with van der Waals surface area (Å²) in [6.07, 6.45) is 3.86. The van der Waals surface area contributed by atoms with Crippen molar-refractivity contribution in [2.24, 2.45) is 0 Å². The summed E-state index contributed by atoms with van der Waals surface area (Å²) in [6, 6.07) is 1.84. The zero-order valence-electron chi connectivity index (χ0n) is 11.6. The summed E-state index contributed by atoms with van der Waals surface area (Å²) in [4.78, 5) is 19.3. The molecule has 0 saturated heterocycles. The lowest BCUT2D eigenvalue weighted by Gasteiger charge is -2.19. The third kappa shape index (κ3) is 7.62. The molecule has 0 bridgehead atoms. The van der Waals surface area contributed by atoms with Gasteiger partial charge in [0.1, 0.15) is 5.60 Å². The molecule has 0 aliphatic rings. The van der Waals surface area contributed by atoms with Crippen LogP contribution in [-0.4, -0.2) is 28.2 Å². The van der Waals surface area contributed by atoms with E-state index < -0.39 is 5.60 Å². The van der Waals surface area contributed by atoms with Gasteiger partial charge in [0.05, 0.1) is 0 Å². The van der Waals surface area contributed by atoms with Crippen LogP contribution in [-0.2, 0) is 11.2 Å². The number of alkyl carbamates (subject to hydrolysis) is 1. The minimum absolute atomic E-state index is 0.268. The smallest absolute Gasteiger partial charge is 0.407 e. The highest BCUT2D eigenvalue weighted by molar-refractivity contribution is 6.28. The normalized spacial score (nSPS) is 11.2. The lowest BCUT2D eigenvalue weighted by Crippen LogP contribution is -2.33. The van der Waals surface area contributed by atoms with E-state index in [-0.39, 0.29) is 11.4 Å². The Kier molecular flexibility index (Phi) is 6.02. The van der Waals surface area contributed by atoms with Gasteiger partial charge in [-0.2, -0.15) is 0 Å². The first-order valence-electron chi connectivity index (χ1n) is 6.31. The summed E-state index contributed by atoms with van der Waals surface area (Å²) in [5.41, 5.74) is 0.458. The molecule has 1 aromatic heterocycles. The Morgan fingerprint density at radius 3 is 2.79 bits per heavy atom. The molecular formula is C13H20ClN3O2. The first-order chi connectivity index (χ1) is 8.87. The van der Waals surface area contributed by atoms with E-state index >= 15 is 0 Å². The summed E-state index contributed by atoms with van der Waals surface area (Å²) in [7, 11) is 0. The van der Waals surface area contributed by atoms with Crippen LogP contribution in [0, 0.1) is 0 Å². The number of carbonyl (C=O) groups excluding carboxylic acids is 1. The minimum atomic E-state index is -0.457. The van der Waals surface area contributed by atoms with Gasteiger partial charge in [-0.1, -0.05) is 0 Å². The van der Waals surface area contributed by atoms with Gasteiger partial charge in [0.15, 0.2) is 0 Å². The molecule has 1 N–H and O–H groups in total. The van der Waals surface area contributed by atoms with E-state index in [0.717, 1.165) is 25.0 Å². The van der Waals surface area contributed by atoms with E-state index in [1.807, 2.05) is 26.8 Å². The maximum Gasteiger partial charge on any atom is 0.407 e. The minimum Gasteiger partial charge on any atom is -0.444 e. The quantitative estimate of drug-likeness (QED) is 0.667. The molecule has 19 heavy (non-hydrogen) atoms. The lowest BCUT2D eigenvalue weighted by molar-refractivity contribution is 0.0527. The van der Waals surface area contributed by atoms with Crippen molar-refractivity contribution in [3.63, 3.8) is 0 Å². The van der Waals surface area contributed by atoms with Gasteiger partial charge in [0.25, 0.3) is 0 Å². The molecular weight excluding hydrogens is 266 g/mol. The van der Waals surface area contributed by atoms with Gasteiger partial charge in [-0.3, -0.25) is 0 Å². The predicted molar refractivity (Wildman–Crippen MR) is 74.2 cm³/mol. The van der Waals surface area contributed by atoms with Crippen molar-refractivity contribution in [1.29, 1.82) is 0 Å². The second-order valence-electron chi connectivity index (χ2n) is 5.20. The van der Waals surface area contributed by atoms with Crippen LogP contribution in [0.1, 0.15) is 39.3 Å². The maximum atomic E-state index is 11.4. The largest absolute Gasteiger partial charge is 0.444 e. The van der Waals surface area contributed by atoms with Crippen molar-refractivity contribution < 1.29 is 9.53 Å². The van der Waals surface area contributed by atoms with Gasteiger partial charge >= 0.3 is 6.09 Å². The topological polar surface area (TPSA) is 64.1 Å². The number of nitrogens with zero attached hydrogens (tertiary/aromatic N) is 2. The molecule has 0 radical (unpaired) electrons. The molecule has 1 rings (SSSR count). The lowest BCUT2D eigenvalue weighted by atomic mass is 10.2. The van der Waals surface area contributed by atoms with Gasteiger partial charge in [-0.15, -0.1) is 0 Å². The first-order valence-corrected chi connectivity index (χ1v) is 6.69. The van der Waals surface area contributed by atoms with E-state index in [1.165, 1.54) is 0 Å². The van der Waals surface area contributed by atoms with Gasteiger partial charge < -0.3 is 10.1 Å². The second-order valence-corrected chi connectivity index (χ2v) is 5.54. The molecule has 0 fully saturated rings. The third-order valence-corrected chi connectivity index (χ3v) is 2.39. The van der Waals surface area contributed by atoms with Crippen molar-refractivity contribution in [2.45, 2.75) is 45.6 Å². The molecule has 0 saturated carbocycles. The fourth-order valence-electron chi connectivity index (χ4n) is 1.44. The van der Waals surface area contributed by atoms with Crippen LogP contribution in [0.3, 0.4) is 0 Å². The Balaban J connectivity index is 2.13. The molecule has 106 valence electrons. The van der Waals surface area contributed by atoms with Gasteiger partial charge in [-0.25, -0.2) is 14.8 Å². The Hall–Kier alpha value is -1.36. The van der Waals surface area contributed by atoms with E-state index in [9.17, 15) is 4.79 Å². The number of aryl methyl sites for hydroxylation is 1. The molecule has 0 aliphatic carbocycles. The molecule has 0 spiro atoms. The van der Waals surface area contributed by atoms with Crippen LogP contribution in [0.5, 0.6) is 0 Å². The molecule has 0 aromatic carbocycles. The molecule has 0 atom stereocenters. The SMILES string of the molecule is CC(C)(C)OC(=O)NCCCCc1ccnc(Cl)n1. The summed E-state index contributed by atoms with van der Waals surface area (Å²) in [6.45, 7) is 6.11. The standard InChI is InChI=1S/C13H20ClN3O2/c1-13(2,3)19-12(18)16-8-5-4-6-10-7-9-15-11(14)17-10/h7,9H,4-6,8H2,1-3H3,(H,16,18). The van der Waals surface area contributed by atoms with Crippen molar-refractivity contribution in [2.75, 3.05) is 6.54 Å². The molecule has 0 aliphatic heterocycles. The highest BCUT2D eigenvalue weighted by atomic mass is 35.5. The van der Waals surface area contributed by atoms with Crippen LogP contribution in [0.2, 0.25) is 5.28 Å². The van der Waals surface area contributed by atoms with Crippen molar-refractivity contribution in [3.8, 4) is 0 Å². The fraction of sp³-hybridized carbons (Fsp3) is 0.615. The fourth-order valence-corrected chi connectivity index (χ4v) is 1.61. The second kappa shape index (κ2) is 7.28. The van der Waals surface area contributed by atoms with Crippen molar-refractivity contribution >= 4 is 17.7 Å². The van der Waals surface area contributed by atoms with Crippen LogP contribution >= 0.6 is 11.6 Å². The van der Waals surface area contributed by atoms with E-state index in [1.54, 1.807) is 6.20 Å². The van der Waals surface area contributed by atoms with Crippen molar-refractivity contribution in [1.82, 2.24) is 15.3 Å². The summed E-state index contributed by atoms with van der Waals surface area (Å²) in [5.74, 6) is 0. The number of hydrogen-bond acceptors (Lipinski definition) is 4. The summed E-state index contributed by atoms with van der Waals surface area (Å²) >= 11 is 5.69. The van der Waals surface area contributed by atoms with Crippen LogP contribution < -0.4 is 5.32 Å². The number of unbranched alkanes of at least 4 members (excludes halogenated alkanes) is 1. The van der Waals surface area contributed by atoms with Crippen LogP contribution in [0.15, 0.2) is 12.3 Å². The van der Waals surface area contributed by atoms with Gasteiger partial charge in [-0.05, 0) is 57.7 Å². The highest BCUT2D eigenvalue weighted by Gasteiger charge is 2.15. The molecule has 0 unspecified atom stereocenters. The summed E-state index contributed by atoms with van der Waals surface area (Å²) < 4.78 is 5.13. The molecule has 6 heteroatoms. The van der Waals surface area contributed by atoms with Crippen LogP contribution in [0.25, 0.3) is 0 Å². The Morgan fingerprint density at radius 1 is 1.42 bits per heavy atom. The highest BCUT2D eigenvalue weighted by Crippen LogP contribution is 2.07. The van der Waals surface area contributed by atoms with Crippen LogP contribution in [0.4, 0.5) is 4.79 Å². The zero-order chi connectivity index (χ0) is 14.3. The van der Waals surface area contributed by atoms with E-state index in [2.05, 4.69) is 15.3 Å². The molecule has 1 amide bonds. The predicted octanol–water partition coefficient (Wildman–Crippen LogP) is 2.98. The average Bonchev–Trinajstić information content (AvgIpc) is 2.26. The van der Waals surface area contributed by atoms with Gasteiger partial charge in [0.2, 0.25) is 5.28 Å². The number of rotatable bonds is 5. The average molecular weight is 286 g/mol. The number of amides is 1. The number of halogens is 1. The molecule has 1 aromatic rings. The Bertz CT molecular complexity index is 419. The Labute approximate surface area is 118 Å². The van der Waals surface area contributed by atoms with E-state index in [0.29, 0.717) is 6.54 Å². The van der Waals surface area contributed by atoms with Crippen molar-refractivity contribution in [3.05, 3.63) is 23.2 Å². The zero-order valence-corrected chi connectivity index (χ0v) is 12.3. The Morgan fingerprint density at radius 2 is 2.16 bits per heavy atom. The maximum absolute atomic E-state index is 11.4. The molecule has 1 heterocycles. The monoisotopic (exact) mass is 285 g/mol. The molecule has 5 nitrogen and oxygen atoms in total. The number of ether oxygens (including phenoxy) is 1. The number of aromatic nitrogens is 2. The summed E-state index contributed by atoms with van der Waals surface area (Å²) in [5, 5.41) is 2.98. The number of hydrogen-bond donors (Lipinski definition) is 1. The third-order valence-electron chi connectivity index (χ3n) is 2.21. The first kappa shape index (κ1) is 15.7. The number of nitrogens with one attached hydrogen (secondary N) is 1. The number of carbonyl (C=O) groups is 1. The van der Waals surface area contributed by atoms with E-state index in [4.69, 9.17) is 16.3 Å².